The van der Waals surface area contributed by atoms with Crippen LogP contribution in [0.5, 0.6) is 5.75 Å². The van der Waals surface area contributed by atoms with Gasteiger partial charge in [0.05, 0.1) is 17.5 Å². The molecule has 0 spiro atoms. The molecule has 0 bridgehead atoms. The van der Waals surface area contributed by atoms with Crippen molar-refractivity contribution in [2.75, 3.05) is 0 Å². The second-order valence-corrected chi connectivity index (χ2v) is 7.61. The van der Waals surface area contributed by atoms with Gasteiger partial charge in [-0.25, -0.2) is 4.39 Å². The summed E-state index contributed by atoms with van der Waals surface area (Å²) >= 11 is 6.01. The number of aromatic nitrogens is 1. The fraction of sp³-hybridized carbons (Fsp3) is 0.273. The lowest BCUT2D eigenvalue weighted by Gasteiger charge is -2.15. The zero-order chi connectivity index (χ0) is 21.5. The number of aromatic hydroxyl groups is 1. The van der Waals surface area contributed by atoms with Gasteiger partial charge in [-0.15, -0.1) is 0 Å². The standard InChI is InChI=1S/C22H21ClFNO4/c1-11(2)29-22(28)12(3)20-13(4)25(18-10-17(24)19(26)9-16(18)20)21(27)14-6-5-7-15(23)8-14/h5-12,26H,1-4H3. The third-order valence-corrected chi connectivity index (χ3v) is 4.97. The molecular weight excluding hydrogens is 397 g/mol. The van der Waals surface area contributed by atoms with Gasteiger partial charge < -0.3 is 9.84 Å². The highest BCUT2D eigenvalue weighted by Gasteiger charge is 2.29. The highest BCUT2D eigenvalue weighted by molar-refractivity contribution is 6.31. The predicted octanol–water partition coefficient (Wildman–Crippen LogP) is 5.19. The summed E-state index contributed by atoms with van der Waals surface area (Å²) in [5, 5.41) is 10.7. The molecule has 3 aromatic rings. The van der Waals surface area contributed by atoms with Gasteiger partial charge in [-0.1, -0.05) is 17.7 Å². The monoisotopic (exact) mass is 417 g/mol. The van der Waals surface area contributed by atoms with Crippen molar-refractivity contribution < 1.29 is 23.8 Å². The Labute approximate surface area is 172 Å². The van der Waals surface area contributed by atoms with Gasteiger partial charge in [0, 0.05) is 27.7 Å². The molecule has 0 aliphatic carbocycles. The summed E-state index contributed by atoms with van der Waals surface area (Å²) in [6.45, 7) is 6.81. The number of benzene rings is 2. The van der Waals surface area contributed by atoms with Crippen LogP contribution in [-0.2, 0) is 9.53 Å². The molecule has 152 valence electrons. The lowest BCUT2D eigenvalue weighted by atomic mass is 9.97. The second kappa shape index (κ2) is 7.87. The average molecular weight is 418 g/mol. The highest BCUT2D eigenvalue weighted by Crippen LogP contribution is 2.36. The fourth-order valence-electron chi connectivity index (χ4n) is 3.46. The molecule has 0 aliphatic rings. The van der Waals surface area contributed by atoms with Crippen molar-refractivity contribution in [1.82, 2.24) is 4.57 Å². The van der Waals surface area contributed by atoms with Gasteiger partial charge >= 0.3 is 5.97 Å². The summed E-state index contributed by atoms with van der Waals surface area (Å²) in [7, 11) is 0. The summed E-state index contributed by atoms with van der Waals surface area (Å²) in [5.74, 6) is -3.04. The van der Waals surface area contributed by atoms with Gasteiger partial charge in [0.25, 0.3) is 5.91 Å². The topological polar surface area (TPSA) is 68.5 Å². The SMILES string of the molecule is Cc1c(C(C)C(=O)OC(C)C)c2cc(O)c(F)cc2n1C(=O)c1cccc(Cl)c1. The van der Waals surface area contributed by atoms with Gasteiger partial charge in [0.1, 0.15) is 0 Å². The molecule has 2 aromatic carbocycles. The molecule has 1 heterocycles. The summed E-state index contributed by atoms with van der Waals surface area (Å²) in [4.78, 5) is 25.7. The Bertz CT molecular complexity index is 1120. The number of nitrogens with zero attached hydrogens (tertiary/aromatic N) is 1. The molecule has 1 aromatic heterocycles. The van der Waals surface area contributed by atoms with Crippen LogP contribution in [0.3, 0.4) is 0 Å². The predicted molar refractivity (Wildman–Crippen MR) is 109 cm³/mol. The first-order valence-electron chi connectivity index (χ1n) is 9.16. The smallest absolute Gasteiger partial charge is 0.313 e. The van der Waals surface area contributed by atoms with E-state index in [-0.39, 0.29) is 11.6 Å². The van der Waals surface area contributed by atoms with Crippen molar-refractivity contribution in [2.24, 2.45) is 0 Å². The maximum Gasteiger partial charge on any atom is 0.313 e. The Morgan fingerprint density at radius 3 is 2.48 bits per heavy atom. The van der Waals surface area contributed by atoms with E-state index >= 15 is 0 Å². The number of rotatable bonds is 4. The number of halogens is 2. The van der Waals surface area contributed by atoms with Crippen molar-refractivity contribution in [3.8, 4) is 5.75 Å². The van der Waals surface area contributed by atoms with Gasteiger partial charge in [-0.3, -0.25) is 14.2 Å². The molecule has 0 radical (unpaired) electrons. The lowest BCUT2D eigenvalue weighted by Crippen LogP contribution is -2.19. The van der Waals surface area contributed by atoms with Crippen LogP contribution in [0.1, 0.15) is 48.3 Å². The maximum absolute atomic E-state index is 14.1. The molecule has 0 amide bonds. The van der Waals surface area contributed by atoms with Crippen LogP contribution in [-0.4, -0.2) is 27.7 Å². The number of fused-ring (bicyclic) bond motifs is 1. The molecule has 0 saturated heterocycles. The Balaban J connectivity index is 2.26. The molecule has 1 unspecified atom stereocenters. The van der Waals surface area contributed by atoms with Gasteiger partial charge in [-0.05, 0) is 57.5 Å². The van der Waals surface area contributed by atoms with Crippen LogP contribution in [0, 0.1) is 12.7 Å². The van der Waals surface area contributed by atoms with Crippen molar-refractivity contribution in [1.29, 1.82) is 0 Å². The van der Waals surface area contributed by atoms with Crippen LogP contribution in [0.2, 0.25) is 5.02 Å². The van der Waals surface area contributed by atoms with E-state index in [1.54, 1.807) is 45.9 Å². The number of phenolic OH excluding ortho intramolecular Hbond substituents is 1. The first-order chi connectivity index (χ1) is 13.6. The Hall–Kier alpha value is -2.86. The molecule has 0 saturated carbocycles. The van der Waals surface area contributed by atoms with Crippen molar-refractivity contribution in [3.05, 3.63) is 64.1 Å². The summed E-state index contributed by atoms with van der Waals surface area (Å²) < 4.78 is 20.8. The van der Waals surface area contributed by atoms with Gasteiger partial charge in [-0.2, -0.15) is 0 Å². The van der Waals surface area contributed by atoms with Crippen molar-refractivity contribution >= 4 is 34.4 Å². The number of carbonyl (C=O) groups is 2. The quantitative estimate of drug-likeness (QED) is 0.593. The van der Waals surface area contributed by atoms with Crippen LogP contribution in [0.25, 0.3) is 10.9 Å². The van der Waals surface area contributed by atoms with E-state index in [9.17, 15) is 19.1 Å². The first kappa shape index (κ1) is 20.9. The number of hydrogen-bond acceptors (Lipinski definition) is 4. The molecule has 1 N–H and O–H groups in total. The Morgan fingerprint density at radius 1 is 1.17 bits per heavy atom. The first-order valence-corrected chi connectivity index (χ1v) is 9.53. The highest BCUT2D eigenvalue weighted by atomic mass is 35.5. The Morgan fingerprint density at radius 2 is 1.86 bits per heavy atom. The molecule has 1 atom stereocenters. The number of hydrogen-bond donors (Lipinski definition) is 1. The van der Waals surface area contributed by atoms with E-state index in [1.807, 2.05) is 0 Å². The van der Waals surface area contributed by atoms with Crippen LogP contribution < -0.4 is 0 Å². The molecule has 5 nitrogen and oxygen atoms in total. The van der Waals surface area contributed by atoms with Crippen LogP contribution >= 0.6 is 11.6 Å². The fourth-order valence-corrected chi connectivity index (χ4v) is 3.65. The summed E-state index contributed by atoms with van der Waals surface area (Å²) in [6, 6.07) is 8.73. The van der Waals surface area contributed by atoms with Gasteiger partial charge in [0.2, 0.25) is 0 Å². The number of phenols is 1. The zero-order valence-electron chi connectivity index (χ0n) is 16.5. The number of carbonyl (C=O) groups excluding carboxylic acids is 2. The average Bonchev–Trinajstić information content (AvgIpc) is 2.91. The summed E-state index contributed by atoms with van der Waals surface area (Å²) in [5.41, 5.74) is 1.52. The van der Waals surface area contributed by atoms with E-state index < -0.39 is 29.4 Å². The van der Waals surface area contributed by atoms with Gasteiger partial charge in [0.15, 0.2) is 11.6 Å². The molecule has 3 rings (SSSR count). The normalized spacial score (nSPS) is 12.4. The minimum atomic E-state index is -0.862. The molecule has 7 heteroatoms. The zero-order valence-corrected chi connectivity index (χ0v) is 17.2. The minimum Gasteiger partial charge on any atom is -0.505 e. The van der Waals surface area contributed by atoms with E-state index in [1.165, 1.54) is 16.7 Å². The Kier molecular flexibility index (Phi) is 5.66. The largest absolute Gasteiger partial charge is 0.505 e. The number of ether oxygens (including phenoxy) is 1. The third-order valence-electron chi connectivity index (χ3n) is 4.73. The third kappa shape index (κ3) is 3.85. The molecule has 29 heavy (non-hydrogen) atoms. The second-order valence-electron chi connectivity index (χ2n) is 7.18. The lowest BCUT2D eigenvalue weighted by molar-refractivity contribution is -0.148. The number of esters is 1. The van der Waals surface area contributed by atoms with Crippen LogP contribution in [0.15, 0.2) is 36.4 Å². The van der Waals surface area contributed by atoms with E-state index in [4.69, 9.17) is 16.3 Å². The van der Waals surface area contributed by atoms with Crippen molar-refractivity contribution in [3.63, 3.8) is 0 Å². The molecular formula is C22H21ClFNO4. The van der Waals surface area contributed by atoms with Crippen LogP contribution in [0.4, 0.5) is 4.39 Å². The van der Waals surface area contributed by atoms with Crippen molar-refractivity contribution in [2.45, 2.75) is 39.7 Å². The van der Waals surface area contributed by atoms with E-state index in [0.717, 1.165) is 6.07 Å². The van der Waals surface area contributed by atoms with E-state index in [0.29, 0.717) is 27.2 Å². The summed E-state index contributed by atoms with van der Waals surface area (Å²) in [6.07, 6.45) is -0.308. The maximum atomic E-state index is 14.1. The van der Waals surface area contributed by atoms with E-state index in [2.05, 4.69) is 0 Å². The molecule has 0 aliphatic heterocycles. The molecule has 0 fully saturated rings. The minimum absolute atomic E-state index is 0.252.